The minimum Gasteiger partial charge on any atom is -0.370 e. The lowest BCUT2D eigenvalue weighted by molar-refractivity contribution is 0.902. The van der Waals surface area contributed by atoms with Crippen LogP contribution >= 0.6 is 0 Å². The van der Waals surface area contributed by atoms with Crippen LogP contribution in [0.5, 0.6) is 0 Å². The van der Waals surface area contributed by atoms with Crippen molar-refractivity contribution < 1.29 is 0 Å². The predicted molar refractivity (Wildman–Crippen MR) is 87.1 cm³/mol. The molecule has 2 heteroatoms. The Balaban J connectivity index is 2.20. The van der Waals surface area contributed by atoms with Gasteiger partial charge in [-0.2, -0.15) is 0 Å². The van der Waals surface area contributed by atoms with Gasteiger partial charge in [-0.15, -0.1) is 0 Å². The van der Waals surface area contributed by atoms with E-state index in [-0.39, 0.29) is 0 Å². The van der Waals surface area contributed by atoms with Gasteiger partial charge >= 0.3 is 0 Å². The van der Waals surface area contributed by atoms with Gasteiger partial charge in [0.05, 0.1) is 0 Å². The highest BCUT2D eigenvalue weighted by molar-refractivity contribution is 5.49. The number of nitrogens with two attached hydrogens (primary N) is 1. The molecule has 0 spiro atoms. The number of hydrogen-bond acceptors (Lipinski definition) is 2. The molecule has 0 aromatic heterocycles. The molecule has 20 heavy (non-hydrogen) atoms. The minimum atomic E-state index is 0.597. The van der Waals surface area contributed by atoms with E-state index in [1.165, 1.54) is 33.5 Å². The smallest absolute Gasteiger partial charge is 0.0431 e. The molecular weight excluding hydrogens is 244 g/mol. The van der Waals surface area contributed by atoms with Gasteiger partial charge in [-0.1, -0.05) is 29.8 Å². The fourth-order valence-corrected chi connectivity index (χ4v) is 2.67. The standard InChI is InChI=1S/C18H24N2/c1-13-9-14(2)18(15(3)10-13)12-20(4)17-7-5-16(11-19)6-8-17/h5-10H,11-12,19H2,1-4H3. The Bertz CT molecular complexity index is 562. The highest BCUT2D eigenvalue weighted by atomic mass is 15.1. The van der Waals surface area contributed by atoms with Gasteiger partial charge in [-0.25, -0.2) is 0 Å². The van der Waals surface area contributed by atoms with Gasteiger partial charge in [0.25, 0.3) is 0 Å². The van der Waals surface area contributed by atoms with Gasteiger partial charge in [0.1, 0.15) is 0 Å². The molecular formula is C18H24N2. The zero-order valence-corrected chi connectivity index (χ0v) is 12.9. The van der Waals surface area contributed by atoms with Crippen molar-refractivity contribution >= 4 is 5.69 Å². The molecule has 2 aromatic carbocycles. The van der Waals surface area contributed by atoms with Gasteiger partial charge in [0, 0.05) is 25.8 Å². The monoisotopic (exact) mass is 268 g/mol. The van der Waals surface area contributed by atoms with Crippen LogP contribution in [0.3, 0.4) is 0 Å². The van der Waals surface area contributed by atoms with Crippen molar-refractivity contribution in [2.45, 2.75) is 33.9 Å². The zero-order chi connectivity index (χ0) is 14.7. The number of benzene rings is 2. The van der Waals surface area contributed by atoms with Crippen LogP contribution in [0.25, 0.3) is 0 Å². The summed E-state index contributed by atoms with van der Waals surface area (Å²) in [5.74, 6) is 0. The fourth-order valence-electron chi connectivity index (χ4n) is 2.67. The van der Waals surface area contributed by atoms with Crippen LogP contribution in [0.15, 0.2) is 36.4 Å². The molecule has 106 valence electrons. The van der Waals surface area contributed by atoms with Crippen LogP contribution in [0.2, 0.25) is 0 Å². The van der Waals surface area contributed by atoms with E-state index in [1.807, 2.05) is 0 Å². The Hall–Kier alpha value is -1.80. The summed E-state index contributed by atoms with van der Waals surface area (Å²) >= 11 is 0. The Morgan fingerprint density at radius 3 is 2.00 bits per heavy atom. The lowest BCUT2D eigenvalue weighted by atomic mass is 9.99. The van der Waals surface area contributed by atoms with E-state index in [4.69, 9.17) is 5.73 Å². The summed E-state index contributed by atoms with van der Waals surface area (Å²) in [4.78, 5) is 2.28. The normalized spacial score (nSPS) is 10.7. The van der Waals surface area contributed by atoms with Crippen LogP contribution in [0.1, 0.15) is 27.8 Å². The number of hydrogen-bond donors (Lipinski definition) is 1. The molecule has 0 saturated heterocycles. The minimum absolute atomic E-state index is 0.597. The summed E-state index contributed by atoms with van der Waals surface area (Å²) in [6.45, 7) is 8.07. The van der Waals surface area contributed by atoms with Crippen LogP contribution in [-0.4, -0.2) is 7.05 Å². The Morgan fingerprint density at radius 1 is 0.950 bits per heavy atom. The third-order valence-corrected chi connectivity index (χ3v) is 3.85. The maximum Gasteiger partial charge on any atom is 0.0431 e. The maximum absolute atomic E-state index is 5.64. The van der Waals surface area contributed by atoms with E-state index in [2.05, 4.69) is 69.1 Å². The quantitative estimate of drug-likeness (QED) is 0.916. The first-order chi connectivity index (χ1) is 9.51. The van der Waals surface area contributed by atoms with Crippen molar-refractivity contribution in [3.05, 3.63) is 64.2 Å². The van der Waals surface area contributed by atoms with Gasteiger partial charge in [0.15, 0.2) is 0 Å². The largest absolute Gasteiger partial charge is 0.370 e. The fraction of sp³-hybridized carbons (Fsp3) is 0.333. The average Bonchev–Trinajstić information content (AvgIpc) is 2.42. The molecule has 0 aliphatic rings. The van der Waals surface area contributed by atoms with Gasteiger partial charge < -0.3 is 10.6 Å². The number of rotatable bonds is 4. The zero-order valence-electron chi connectivity index (χ0n) is 12.9. The molecule has 2 N–H and O–H groups in total. The summed E-state index contributed by atoms with van der Waals surface area (Å²) in [5.41, 5.74) is 13.5. The number of anilines is 1. The molecule has 0 bridgehead atoms. The molecule has 2 rings (SSSR count). The summed E-state index contributed by atoms with van der Waals surface area (Å²) in [6, 6.07) is 13.0. The molecule has 2 aromatic rings. The van der Waals surface area contributed by atoms with Crippen molar-refractivity contribution in [1.82, 2.24) is 0 Å². The molecule has 0 aliphatic heterocycles. The van der Waals surface area contributed by atoms with Gasteiger partial charge in [0.2, 0.25) is 0 Å². The van der Waals surface area contributed by atoms with Crippen molar-refractivity contribution in [2.24, 2.45) is 5.73 Å². The summed E-state index contributed by atoms with van der Waals surface area (Å²) in [6.07, 6.45) is 0. The lowest BCUT2D eigenvalue weighted by Crippen LogP contribution is -2.18. The summed E-state index contributed by atoms with van der Waals surface area (Å²) < 4.78 is 0. The summed E-state index contributed by atoms with van der Waals surface area (Å²) in [7, 11) is 2.14. The molecule has 0 unspecified atom stereocenters. The first-order valence-electron chi connectivity index (χ1n) is 7.08. The SMILES string of the molecule is Cc1cc(C)c(CN(C)c2ccc(CN)cc2)c(C)c1. The molecule has 0 fully saturated rings. The number of aryl methyl sites for hydroxylation is 3. The van der Waals surface area contributed by atoms with E-state index in [0.29, 0.717) is 6.54 Å². The molecule has 0 amide bonds. The van der Waals surface area contributed by atoms with Crippen LogP contribution < -0.4 is 10.6 Å². The molecule has 0 heterocycles. The summed E-state index contributed by atoms with van der Waals surface area (Å²) in [5, 5.41) is 0. The van der Waals surface area contributed by atoms with E-state index in [9.17, 15) is 0 Å². The van der Waals surface area contributed by atoms with Crippen LogP contribution in [0.4, 0.5) is 5.69 Å². The average molecular weight is 268 g/mol. The first kappa shape index (κ1) is 14.6. The molecule has 0 saturated carbocycles. The van der Waals surface area contributed by atoms with Crippen molar-refractivity contribution in [3.63, 3.8) is 0 Å². The molecule has 0 aliphatic carbocycles. The van der Waals surface area contributed by atoms with Crippen LogP contribution in [0, 0.1) is 20.8 Å². The van der Waals surface area contributed by atoms with E-state index in [1.54, 1.807) is 0 Å². The second-order valence-corrected chi connectivity index (χ2v) is 5.60. The molecule has 0 atom stereocenters. The Labute approximate surface area is 122 Å². The molecule has 2 nitrogen and oxygen atoms in total. The highest BCUT2D eigenvalue weighted by Gasteiger charge is 2.08. The van der Waals surface area contributed by atoms with Gasteiger partial charge in [-0.05, 0) is 55.2 Å². The third-order valence-electron chi connectivity index (χ3n) is 3.85. The van der Waals surface area contributed by atoms with Crippen molar-refractivity contribution in [1.29, 1.82) is 0 Å². The Kier molecular flexibility index (Phi) is 4.46. The topological polar surface area (TPSA) is 29.3 Å². The van der Waals surface area contributed by atoms with Gasteiger partial charge in [-0.3, -0.25) is 0 Å². The lowest BCUT2D eigenvalue weighted by Gasteiger charge is -2.22. The van der Waals surface area contributed by atoms with E-state index >= 15 is 0 Å². The second kappa shape index (κ2) is 6.10. The van der Waals surface area contributed by atoms with Crippen LogP contribution in [-0.2, 0) is 13.1 Å². The number of nitrogens with zero attached hydrogens (tertiary/aromatic N) is 1. The van der Waals surface area contributed by atoms with Crippen molar-refractivity contribution in [3.8, 4) is 0 Å². The van der Waals surface area contributed by atoms with E-state index in [0.717, 1.165) is 6.54 Å². The second-order valence-electron chi connectivity index (χ2n) is 5.60. The first-order valence-corrected chi connectivity index (χ1v) is 7.08. The third kappa shape index (κ3) is 3.20. The predicted octanol–water partition coefficient (Wildman–Crippen LogP) is 3.71. The Morgan fingerprint density at radius 2 is 1.50 bits per heavy atom. The maximum atomic E-state index is 5.64. The molecule has 0 radical (unpaired) electrons. The van der Waals surface area contributed by atoms with E-state index < -0.39 is 0 Å². The van der Waals surface area contributed by atoms with Crippen molar-refractivity contribution in [2.75, 3.05) is 11.9 Å². The highest BCUT2D eigenvalue weighted by Crippen LogP contribution is 2.21.